The molecule has 0 amide bonds. The second-order valence-electron chi connectivity index (χ2n) is 4.78. The van der Waals surface area contributed by atoms with Crippen molar-refractivity contribution < 1.29 is 4.39 Å². The molecule has 0 fully saturated rings. The third-order valence-electron chi connectivity index (χ3n) is 3.47. The maximum absolute atomic E-state index is 14.6. The predicted octanol–water partition coefficient (Wildman–Crippen LogP) is 4.73. The molecule has 102 valence electrons. The topological polar surface area (TPSA) is 31.6 Å². The molecule has 0 atom stereocenters. The van der Waals surface area contributed by atoms with E-state index in [-0.39, 0.29) is 11.7 Å². The van der Waals surface area contributed by atoms with Gasteiger partial charge in [-0.2, -0.15) is 0 Å². The van der Waals surface area contributed by atoms with Gasteiger partial charge in [0.15, 0.2) is 0 Å². The fourth-order valence-electron chi connectivity index (χ4n) is 2.47. The quantitative estimate of drug-likeness (QED) is 0.694. The van der Waals surface area contributed by atoms with Crippen molar-refractivity contribution in [1.29, 1.82) is 0 Å². The van der Waals surface area contributed by atoms with Crippen molar-refractivity contribution in [2.75, 3.05) is 0 Å². The Hall–Kier alpha value is -1.81. The van der Waals surface area contributed by atoms with Gasteiger partial charge < -0.3 is 9.97 Å². The fourth-order valence-corrected chi connectivity index (χ4v) is 3.00. The van der Waals surface area contributed by atoms with Crippen LogP contribution in [0.5, 0.6) is 0 Å². The Balaban J connectivity index is 2.24. The summed E-state index contributed by atoms with van der Waals surface area (Å²) in [6.07, 6.45) is 3.71. The first kappa shape index (κ1) is 13.2. The van der Waals surface area contributed by atoms with Crippen LogP contribution in [0.3, 0.4) is 0 Å². The summed E-state index contributed by atoms with van der Waals surface area (Å²) in [4.78, 5) is 6.38. The molecular weight excluding hydrogens is 319 g/mol. The second-order valence-corrected chi connectivity index (χ2v) is 5.63. The molecule has 2 aromatic heterocycles. The summed E-state index contributed by atoms with van der Waals surface area (Å²) in [7, 11) is 0. The molecule has 2 N–H and O–H groups in total. The normalized spacial score (nSPS) is 11.2. The molecule has 0 unspecified atom stereocenters. The zero-order valence-electron chi connectivity index (χ0n) is 11.0. The van der Waals surface area contributed by atoms with Gasteiger partial charge in [0.05, 0.1) is 5.92 Å². The third kappa shape index (κ3) is 2.20. The van der Waals surface area contributed by atoms with Gasteiger partial charge in [0, 0.05) is 33.8 Å². The standard InChI is InChI=1S/C16H14BrFN2/c1-10-6-7-11(17)14(16(10)18)15(12-4-2-8-19-12)13-5-3-9-20-13/h2-9,15,19-20H,1H3. The van der Waals surface area contributed by atoms with Gasteiger partial charge in [0.2, 0.25) is 0 Å². The van der Waals surface area contributed by atoms with Gasteiger partial charge in [-0.25, -0.2) is 4.39 Å². The lowest BCUT2D eigenvalue weighted by Crippen LogP contribution is -2.08. The van der Waals surface area contributed by atoms with Crippen molar-refractivity contribution in [2.24, 2.45) is 0 Å². The van der Waals surface area contributed by atoms with Crippen LogP contribution in [0.15, 0.2) is 53.3 Å². The van der Waals surface area contributed by atoms with Crippen molar-refractivity contribution in [2.45, 2.75) is 12.8 Å². The molecule has 1 aromatic carbocycles. The van der Waals surface area contributed by atoms with E-state index in [4.69, 9.17) is 0 Å². The number of aryl methyl sites for hydroxylation is 1. The number of aromatic amines is 2. The third-order valence-corrected chi connectivity index (χ3v) is 4.17. The molecule has 0 saturated heterocycles. The zero-order valence-corrected chi connectivity index (χ0v) is 12.5. The smallest absolute Gasteiger partial charge is 0.131 e. The molecule has 20 heavy (non-hydrogen) atoms. The average Bonchev–Trinajstić information content (AvgIpc) is 3.12. The Bertz CT molecular complexity index is 668. The van der Waals surface area contributed by atoms with Crippen LogP contribution in [0.1, 0.15) is 28.4 Å². The molecule has 0 radical (unpaired) electrons. The van der Waals surface area contributed by atoms with Crippen LogP contribution in [-0.4, -0.2) is 9.97 Å². The molecule has 3 rings (SSSR count). The Morgan fingerprint density at radius 2 is 1.60 bits per heavy atom. The number of hydrogen-bond acceptors (Lipinski definition) is 0. The second kappa shape index (κ2) is 5.29. The SMILES string of the molecule is Cc1ccc(Br)c(C(c2ccc[nH]2)c2ccc[nH]2)c1F. The molecule has 0 bridgehead atoms. The van der Waals surface area contributed by atoms with Gasteiger partial charge in [-0.15, -0.1) is 0 Å². The maximum atomic E-state index is 14.6. The van der Waals surface area contributed by atoms with Crippen molar-refractivity contribution in [1.82, 2.24) is 9.97 Å². The van der Waals surface area contributed by atoms with E-state index >= 15 is 0 Å². The van der Waals surface area contributed by atoms with E-state index in [0.29, 0.717) is 11.1 Å². The van der Waals surface area contributed by atoms with Crippen LogP contribution in [0, 0.1) is 12.7 Å². The minimum atomic E-state index is -0.186. The van der Waals surface area contributed by atoms with E-state index in [0.717, 1.165) is 15.9 Å². The van der Waals surface area contributed by atoms with E-state index < -0.39 is 0 Å². The molecule has 3 aromatic rings. The van der Waals surface area contributed by atoms with Crippen LogP contribution in [0.4, 0.5) is 4.39 Å². The average molecular weight is 333 g/mol. The number of hydrogen-bond donors (Lipinski definition) is 2. The molecule has 0 spiro atoms. The summed E-state index contributed by atoms with van der Waals surface area (Å²) < 4.78 is 15.4. The Morgan fingerprint density at radius 1 is 1.00 bits per heavy atom. The lowest BCUT2D eigenvalue weighted by Gasteiger charge is -2.19. The minimum Gasteiger partial charge on any atom is -0.364 e. The van der Waals surface area contributed by atoms with Crippen molar-refractivity contribution in [3.8, 4) is 0 Å². The molecule has 2 heterocycles. The lowest BCUT2D eigenvalue weighted by molar-refractivity contribution is 0.593. The zero-order chi connectivity index (χ0) is 14.1. The summed E-state index contributed by atoms with van der Waals surface area (Å²) in [5, 5.41) is 0. The number of halogens is 2. The minimum absolute atomic E-state index is 0.173. The highest BCUT2D eigenvalue weighted by molar-refractivity contribution is 9.10. The van der Waals surface area contributed by atoms with Crippen LogP contribution in [0.2, 0.25) is 0 Å². The molecule has 0 aliphatic rings. The molecule has 4 heteroatoms. The van der Waals surface area contributed by atoms with E-state index in [1.165, 1.54) is 0 Å². The molecular formula is C16H14BrFN2. The monoisotopic (exact) mass is 332 g/mol. The van der Waals surface area contributed by atoms with Gasteiger partial charge in [0.25, 0.3) is 0 Å². The van der Waals surface area contributed by atoms with Crippen molar-refractivity contribution >= 4 is 15.9 Å². The van der Waals surface area contributed by atoms with Crippen LogP contribution in [0.25, 0.3) is 0 Å². The van der Waals surface area contributed by atoms with E-state index in [2.05, 4.69) is 25.9 Å². The maximum Gasteiger partial charge on any atom is 0.131 e. The number of H-pyrrole nitrogens is 2. The predicted molar refractivity (Wildman–Crippen MR) is 81.4 cm³/mol. The first-order valence-corrected chi connectivity index (χ1v) is 7.19. The van der Waals surface area contributed by atoms with Gasteiger partial charge in [-0.3, -0.25) is 0 Å². The molecule has 0 saturated carbocycles. The van der Waals surface area contributed by atoms with Gasteiger partial charge in [-0.05, 0) is 42.8 Å². The Kier molecular flexibility index (Phi) is 3.49. The van der Waals surface area contributed by atoms with E-state index in [1.54, 1.807) is 13.0 Å². The molecule has 0 aliphatic carbocycles. The number of rotatable bonds is 3. The van der Waals surface area contributed by atoms with Crippen LogP contribution in [-0.2, 0) is 0 Å². The number of nitrogens with one attached hydrogen (secondary N) is 2. The number of benzene rings is 1. The highest BCUT2D eigenvalue weighted by Crippen LogP contribution is 2.37. The number of aromatic nitrogens is 2. The van der Waals surface area contributed by atoms with Crippen molar-refractivity contribution in [3.63, 3.8) is 0 Å². The van der Waals surface area contributed by atoms with Crippen LogP contribution < -0.4 is 0 Å². The Morgan fingerprint density at radius 3 is 2.10 bits per heavy atom. The first-order valence-electron chi connectivity index (χ1n) is 6.39. The fraction of sp³-hybridized carbons (Fsp3) is 0.125. The highest BCUT2D eigenvalue weighted by Gasteiger charge is 2.25. The summed E-state index contributed by atoms with van der Waals surface area (Å²) in [6, 6.07) is 11.5. The van der Waals surface area contributed by atoms with E-state index in [9.17, 15) is 4.39 Å². The summed E-state index contributed by atoms with van der Waals surface area (Å²) >= 11 is 3.49. The van der Waals surface area contributed by atoms with Gasteiger partial charge in [0.1, 0.15) is 5.82 Å². The summed E-state index contributed by atoms with van der Waals surface area (Å²) in [6.45, 7) is 1.78. The highest BCUT2D eigenvalue weighted by atomic mass is 79.9. The van der Waals surface area contributed by atoms with E-state index in [1.807, 2.05) is 42.7 Å². The van der Waals surface area contributed by atoms with Crippen LogP contribution >= 0.6 is 15.9 Å². The molecule has 2 nitrogen and oxygen atoms in total. The Labute approximate surface area is 125 Å². The first-order chi connectivity index (χ1) is 9.68. The summed E-state index contributed by atoms with van der Waals surface area (Å²) in [5.74, 6) is -0.358. The van der Waals surface area contributed by atoms with Gasteiger partial charge in [-0.1, -0.05) is 22.0 Å². The largest absolute Gasteiger partial charge is 0.364 e. The summed E-state index contributed by atoms with van der Waals surface area (Å²) in [5.41, 5.74) is 3.21. The van der Waals surface area contributed by atoms with Gasteiger partial charge >= 0.3 is 0 Å². The molecule has 0 aliphatic heterocycles. The lowest BCUT2D eigenvalue weighted by atomic mass is 9.91. The van der Waals surface area contributed by atoms with Crippen molar-refractivity contribution in [3.05, 3.63) is 81.6 Å².